The van der Waals surface area contributed by atoms with Gasteiger partial charge in [-0.25, -0.2) is 9.97 Å². The normalized spacial score (nSPS) is 9.74. The highest BCUT2D eigenvalue weighted by molar-refractivity contribution is 5.63. The lowest BCUT2D eigenvalue weighted by atomic mass is 10.3. The largest absolute Gasteiger partial charge is 0.388 e. The van der Waals surface area contributed by atoms with Gasteiger partial charge in [0, 0.05) is 31.0 Å². The summed E-state index contributed by atoms with van der Waals surface area (Å²) in [6.45, 7) is 4.33. The number of aromatic nitrogens is 2. The van der Waals surface area contributed by atoms with Crippen LogP contribution in [0, 0.1) is 0 Å². The van der Waals surface area contributed by atoms with Gasteiger partial charge in [0.1, 0.15) is 18.0 Å². The molecular weight excluding hydrogens is 238 g/mol. The van der Waals surface area contributed by atoms with E-state index in [1.54, 1.807) is 6.08 Å². The van der Waals surface area contributed by atoms with Crippen LogP contribution >= 0.6 is 0 Å². The van der Waals surface area contributed by atoms with Crippen molar-refractivity contribution >= 4 is 23.0 Å². The summed E-state index contributed by atoms with van der Waals surface area (Å²) in [4.78, 5) is 8.32. The number of nitrogens with zero attached hydrogens (tertiary/aromatic N) is 2. The van der Waals surface area contributed by atoms with Crippen molar-refractivity contribution in [1.29, 1.82) is 0 Å². The van der Waals surface area contributed by atoms with Crippen LogP contribution in [-0.4, -0.2) is 23.6 Å². The van der Waals surface area contributed by atoms with Crippen LogP contribution in [0.25, 0.3) is 0 Å². The Morgan fingerprint density at radius 2 is 1.95 bits per heavy atom. The first-order valence-electron chi connectivity index (χ1n) is 6.03. The Balaban J connectivity index is 2.11. The zero-order valence-electron chi connectivity index (χ0n) is 10.9. The topological polar surface area (TPSA) is 61.9 Å². The van der Waals surface area contributed by atoms with E-state index in [9.17, 15) is 0 Å². The molecule has 1 heterocycles. The van der Waals surface area contributed by atoms with E-state index in [0.29, 0.717) is 6.54 Å². The van der Waals surface area contributed by atoms with E-state index < -0.39 is 0 Å². The minimum absolute atomic E-state index is 0.672. The summed E-state index contributed by atoms with van der Waals surface area (Å²) < 4.78 is 0. The molecule has 0 unspecified atom stereocenters. The van der Waals surface area contributed by atoms with Gasteiger partial charge in [-0.2, -0.15) is 0 Å². The molecule has 0 fully saturated rings. The molecule has 0 amide bonds. The number of anilines is 4. The van der Waals surface area contributed by atoms with Gasteiger partial charge in [0.25, 0.3) is 0 Å². The molecule has 0 atom stereocenters. The third kappa shape index (κ3) is 3.70. The van der Waals surface area contributed by atoms with Gasteiger partial charge in [-0.3, -0.25) is 0 Å². The van der Waals surface area contributed by atoms with Crippen LogP contribution in [0.5, 0.6) is 0 Å². The molecule has 0 bridgehead atoms. The van der Waals surface area contributed by atoms with Crippen LogP contribution in [0.2, 0.25) is 0 Å². The second kappa shape index (κ2) is 6.39. The molecule has 98 valence electrons. The average Bonchev–Trinajstić information content (AvgIpc) is 2.46. The summed E-state index contributed by atoms with van der Waals surface area (Å²) in [5.41, 5.74) is 2.02. The van der Waals surface area contributed by atoms with Crippen molar-refractivity contribution in [2.45, 2.75) is 0 Å². The molecule has 0 aliphatic rings. The molecule has 19 heavy (non-hydrogen) atoms. The molecule has 2 rings (SSSR count). The highest BCUT2D eigenvalue weighted by atomic mass is 15.1. The zero-order chi connectivity index (χ0) is 13.5. The van der Waals surface area contributed by atoms with Gasteiger partial charge in [-0.1, -0.05) is 12.1 Å². The van der Waals surface area contributed by atoms with Gasteiger partial charge in [-0.05, 0) is 18.2 Å². The molecule has 0 aliphatic carbocycles. The zero-order valence-corrected chi connectivity index (χ0v) is 10.9. The Bertz CT molecular complexity index is 553. The van der Waals surface area contributed by atoms with Gasteiger partial charge in [0.05, 0.1) is 0 Å². The number of hydrogen-bond acceptors (Lipinski definition) is 5. The predicted molar refractivity (Wildman–Crippen MR) is 80.0 cm³/mol. The molecule has 5 heteroatoms. The summed E-state index contributed by atoms with van der Waals surface area (Å²) in [5.74, 6) is 1.51. The van der Waals surface area contributed by atoms with Gasteiger partial charge < -0.3 is 16.0 Å². The molecule has 0 spiro atoms. The fourth-order valence-electron chi connectivity index (χ4n) is 1.60. The van der Waals surface area contributed by atoms with E-state index in [-0.39, 0.29) is 0 Å². The molecule has 5 nitrogen and oxygen atoms in total. The molecule has 1 aromatic carbocycles. The first-order chi connectivity index (χ1) is 9.31. The molecule has 2 aromatic rings. The smallest absolute Gasteiger partial charge is 0.135 e. The summed E-state index contributed by atoms with van der Waals surface area (Å²) >= 11 is 0. The first-order valence-corrected chi connectivity index (χ1v) is 6.03. The number of hydrogen-bond donors (Lipinski definition) is 3. The predicted octanol–water partition coefficient (Wildman–Crippen LogP) is 2.86. The fourth-order valence-corrected chi connectivity index (χ4v) is 1.60. The lowest BCUT2D eigenvalue weighted by molar-refractivity contribution is 1.14. The Morgan fingerprint density at radius 3 is 2.74 bits per heavy atom. The van der Waals surface area contributed by atoms with Gasteiger partial charge in [-0.15, -0.1) is 6.58 Å². The highest BCUT2D eigenvalue weighted by Crippen LogP contribution is 2.19. The van der Waals surface area contributed by atoms with E-state index >= 15 is 0 Å². The fraction of sp³-hybridized carbons (Fsp3) is 0.143. The van der Waals surface area contributed by atoms with E-state index in [1.165, 1.54) is 6.33 Å². The van der Waals surface area contributed by atoms with Crippen LogP contribution in [0.4, 0.5) is 23.0 Å². The molecule has 0 saturated heterocycles. The molecular formula is C14H17N5. The standard InChI is InChI=1S/C14H17N5/c1-3-7-16-13-9-14(18-10-17-13)19-12-6-4-5-11(8-12)15-2/h3-6,8-10,15H,1,7H2,2H3,(H2,16,17,18,19). The van der Waals surface area contributed by atoms with E-state index in [0.717, 1.165) is 23.0 Å². The SMILES string of the molecule is C=CCNc1cc(Nc2cccc(NC)c2)ncn1. The van der Waals surface area contributed by atoms with Crippen LogP contribution in [-0.2, 0) is 0 Å². The van der Waals surface area contributed by atoms with E-state index in [1.807, 2.05) is 37.4 Å². The molecule has 0 saturated carbocycles. The Labute approximate surface area is 112 Å². The van der Waals surface area contributed by atoms with Gasteiger partial charge in [0.2, 0.25) is 0 Å². The Hall–Kier alpha value is -2.56. The second-order valence-corrected chi connectivity index (χ2v) is 3.91. The van der Waals surface area contributed by atoms with Crippen molar-refractivity contribution in [2.75, 3.05) is 29.5 Å². The third-order valence-corrected chi connectivity index (χ3v) is 2.52. The summed E-state index contributed by atoms with van der Waals surface area (Å²) in [5, 5.41) is 9.46. The summed E-state index contributed by atoms with van der Waals surface area (Å²) in [6.07, 6.45) is 3.31. The number of benzene rings is 1. The maximum absolute atomic E-state index is 4.19. The lowest BCUT2D eigenvalue weighted by Crippen LogP contribution is -2.02. The highest BCUT2D eigenvalue weighted by Gasteiger charge is 1.99. The number of nitrogens with one attached hydrogen (secondary N) is 3. The molecule has 0 radical (unpaired) electrons. The monoisotopic (exact) mass is 255 g/mol. The maximum atomic E-state index is 4.19. The van der Waals surface area contributed by atoms with Gasteiger partial charge in [0.15, 0.2) is 0 Å². The van der Waals surface area contributed by atoms with Crippen LogP contribution < -0.4 is 16.0 Å². The molecule has 3 N–H and O–H groups in total. The van der Waals surface area contributed by atoms with Crippen molar-refractivity contribution < 1.29 is 0 Å². The van der Waals surface area contributed by atoms with E-state index in [2.05, 4.69) is 32.5 Å². The van der Waals surface area contributed by atoms with Crippen molar-refractivity contribution in [3.63, 3.8) is 0 Å². The number of rotatable bonds is 6. The minimum atomic E-state index is 0.672. The summed E-state index contributed by atoms with van der Waals surface area (Å²) in [7, 11) is 1.89. The van der Waals surface area contributed by atoms with Crippen molar-refractivity contribution in [3.8, 4) is 0 Å². The third-order valence-electron chi connectivity index (χ3n) is 2.52. The lowest BCUT2D eigenvalue weighted by Gasteiger charge is -2.09. The maximum Gasteiger partial charge on any atom is 0.135 e. The molecule has 0 aliphatic heterocycles. The van der Waals surface area contributed by atoms with Crippen LogP contribution in [0.3, 0.4) is 0 Å². The first kappa shape index (κ1) is 12.9. The van der Waals surface area contributed by atoms with Crippen LogP contribution in [0.1, 0.15) is 0 Å². The second-order valence-electron chi connectivity index (χ2n) is 3.91. The Morgan fingerprint density at radius 1 is 1.16 bits per heavy atom. The van der Waals surface area contributed by atoms with Gasteiger partial charge >= 0.3 is 0 Å². The van der Waals surface area contributed by atoms with Crippen LogP contribution in [0.15, 0.2) is 49.3 Å². The minimum Gasteiger partial charge on any atom is -0.388 e. The summed E-state index contributed by atoms with van der Waals surface area (Å²) in [6, 6.07) is 9.84. The Kier molecular flexibility index (Phi) is 4.34. The van der Waals surface area contributed by atoms with Crippen molar-refractivity contribution in [3.05, 3.63) is 49.3 Å². The van der Waals surface area contributed by atoms with Crippen molar-refractivity contribution in [1.82, 2.24) is 9.97 Å². The van der Waals surface area contributed by atoms with Crippen molar-refractivity contribution in [2.24, 2.45) is 0 Å². The van der Waals surface area contributed by atoms with E-state index in [4.69, 9.17) is 0 Å². The average molecular weight is 255 g/mol. The quantitative estimate of drug-likeness (QED) is 0.693. The molecule has 1 aromatic heterocycles.